The maximum atomic E-state index is 9.48. The largest absolute Gasteiger partial charge is 0.387 e. The van der Waals surface area contributed by atoms with Crippen LogP contribution in [0.15, 0.2) is 103 Å². The molecular weight excluding hydrogens is 486 g/mol. The van der Waals surface area contributed by atoms with E-state index in [0.29, 0.717) is 22.6 Å². The summed E-state index contributed by atoms with van der Waals surface area (Å²) in [5.41, 5.74) is 3.31. The van der Waals surface area contributed by atoms with Gasteiger partial charge in [0.15, 0.2) is 11.5 Å². The van der Waals surface area contributed by atoms with Gasteiger partial charge in [0.1, 0.15) is 5.75 Å². The van der Waals surface area contributed by atoms with E-state index in [1.807, 2.05) is 91.2 Å². The zero-order valence-corrected chi connectivity index (χ0v) is 20.4. The SMILES string of the molecule is N#COc1ccc2ccccc2c1-c1ccc(-c2ccc(OC#N)c3ccccc23)c2cccc(OC#N)c12. The highest BCUT2D eigenvalue weighted by atomic mass is 16.5. The summed E-state index contributed by atoms with van der Waals surface area (Å²) in [6.07, 6.45) is 5.37. The maximum absolute atomic E-state index is 9.48. The Labute approximate surface area is 223 Å². The molecule has 0 spiro atoms. The van der Waals surface area contributed by atoms with Gasteiger partial charge >= 0.3 is 0 Å². The van der Waals surface area contributed by atoms with E-state index in [4.69, 9.17) is 19.5 Å². The van der Waals surface area contributed by atoms with E-state index in [0.717, 1.165) is 49.2 Å². The van der Waals surface area contributed by atoms with Crippen molar-refractivity contribution in [3.8, 4) is 58.3 Å². The molecule has 0 N–H and O–H groups in total. The first-order valence-electron chi connectivity index (χ1n) is 12.0. The number of benzene rings is 6. The number of hydrogen-bond acceptors (Lipinski definition) is 6. The second-order valence-corrected chi connectivity index (χ2v) is 8.74. The fraction of sp³-hybridized carbons (Fsp3) is 0. The van der Waals surface area contributed by atoms with Gasteiger partial charge in [0.05, 0.1) is 0 Å². The quantitative estimate of drug-likeness (QED) is 0.221. The summed E-state index contributed by atoms with van der Waals surface area (Å²) in [6.45, 7) is 0. The Kier molecular flexibility index (Phi) is 5.87. The van der Waals surface area contributed by atoms with Gasteiger partial charge in [-0.3, -0.25) is 0 Å². The van der Waals surface area contributed by atoms with Crippen LogP contribution < -0.4 is 14.2 Å². The summed E-state index contributed by atoms with van der Waals surface area (Å²) in [5, 5.41) is 33.1. The topological polar surface area (TPSA) is 99.1 Å². The zero-order valence-electron chi connectivity index (χ0n) is 20.4. The fourth-order valence-corrected chi connectivity index (χ4v) is 5.26. The van der Waals surface area contributed by atoms with Crippen molar-refractivity contribution in [2.24, 2.45) is 0 Å². The third kappa shape index (κ3) is 3.89. The van der Waals surface area contributed by atoms with Crippen molar-refractivity contribution in [1.82, 2.24) is 0 Å². The molecule has 0 saturated heterocycles. The minimum absolute atomic E-state index is 0.386. The Hall–Kier alpha value is -6.03. The van der Waals surface area contributed by atoms with Crippen molar-refractivity contribution in [2.45, 2.75) is 0 Å². The zero-order chi connectivity index (χ0) is 26.8. The molecule has 6 aromatic rings. The third-order valence-corrected chi connectivity index (χ3v) is 6.80. The van der Waals surface area contributed by atoms with Crippen molar-refractivity contribution in [1.29, 1.82) is 15.8 Å². The van der Waals surface area contributed by atoms with Gasteiger partial charge < -0.3 is 14.2 Å². The molecule has 0 fully saturated rings. The summed E-state index contributed by atoms with van der Waals surface area (Å²) in [7, 11) is 0. The molecule has 0 heterocycles. The van der Waals surface area contributed by atoms with E-state index in [9.17, 15) is 10.5 Å². The lowest BCUT2D eigenvalue weighted by atomic mass is 9.88. The highest BCUT2D eigenvalue weighted by Gasteiger charge is 2.20. The standard InChI is InChI=1S/C33H17N3O3/c34-18-37-29-17-15-24(23-8-3-4-9-26(23)29)25-13-14-28(33-27(25)10-5-11-30(33)38-19-35)32-22-7-2-1-6-21(22)12-16-31(32)39-20-36/h1-17H. The lowest BCUT2D eigenvalue weighted by molar-refractivity contribution is 0.509. The molecule has 0 atom stereocenters. The normalized spacial score (nSPS) is 10.5. The van der Waals surface area contributed by atoms with Crippen LogP contribution in [0.5, 0.6) is 17.2 Å². The van der Waals surface area contributed by atoms with Crippen LogP contribution in [0.3, 0.4) is 0 Å². The van der Waals surface area contributed by atoms with Gasteiger partial charge in [-0.15, -0.1) is 15.8 Å². The first-order valence-corrected chi connectivity index (χ1v) is 12.0. The first kappa shape index (κ1) is 23.4. The molecule has 6 heteroatoms. The molecule has 0 aromatic heterocycles. The van der Waals surface area contributed by atoms with Crippen molar-refractivity contribution in [3.63, 3.8) is 0 Å². The van der Waals surface area contributed by atoms with Gasteiger partial charge in [0.2, 0.25) is 0 Å². The molecule has 6 aromatic carbocycles. The number of rotatable bonds is 5. The molecule has 6 nitrogen and oxygen atoms in total. The fourth-order valence-electron chi connectivity index (χ4n) is 5.26. The predicted octanol–water partition coefficient (Wildman–Crippen LogP) is 8.06. The lowest BCUT2D eigenvalue weighted by Crippen LogP contribution is -1.94. The molecule has 6 rings (SSSR count). The van der Waals surface area contributed by atoms with E-state index >= 15 is 0 Å². The van der Waals surface area contributed by atoms with Crippen molar-refractivity contribution in [3.05, 3.63) is 103 Å². The van der Waals surface area contributed by atoms with E-state index in [2.05, 4.69) is 0 Å². The van der Waals surface area contributed by atoms with Crippen molar-refractivity contribution < 1.29 is 14.2 Å². The van der Waals surface area contributed by atoms with Gasteiger partial charge in [-0.2, -0.15) is 0 Å². The average Bonchev–Trinajstić information content (AvgIpc) is 2.98. The summed E-state index contributed by atoms with van der Waals surface area (Å²) in [4.78, 5) is 0. The minimum atomic E-state index is 0.386. The van der Waals surface area contributed by atoms with Crippen LogP contribution in [0.4, 0.5) is 0 Å². The Morgan fingerprint density at radius 1 is 0.410 bits per heavy atom. The van der Waals surface area contributed by atoms with Crippen LogP contribution in [-0.4, -0.2) is 0 Å². The van der Waals surface area contributed by atoms with Crippen molar-refractivity contribution in [2.75, 3.05) is 0 Å². The number of nitriles is 3. The lowest BCUT2D eigenvalue weighted by Gasteiger charge is -2.18. The summed E-state index contributed by atoms with van der Waals surface area (Å²) >= 11 is 0. The third-order valence-electron chi connectivity index (χ3n) is 6.80. The summed E-state index contributed by atoms with van der Waals surface area (Å²) in [5.74, 6) is 1.26. The monoisotopic (exact) mass is 503 g/mol. The van der Waals surface area contributed by atoms with Crippen LogP contribution >= 0.6 is 0 Å². The number of fused-ring (bicyclic) bond motifs is 3. The Bertz CT molecular complexity index is 2050. The molecule has 182 valence electrons. The molecule has 0 radical (unpaired) electrons. The smallest absolute Gasteiger partial charge is 0.292 e. The minimum Gasteiger partial charge on any atom is -0.387 e. The molecule has 0 saturated carbocycles. The molecule has 0 unspecified atom stereocenters. The van der Waals surface area contributed by atoms with Crippen LogP contribution in [0.2, 0.25) is 0 Å². The summed E-state index contributed by atoms with van der Waals surface area (Å²) in [6, 6.07) is 32.5. The Balaban J connectivity index is 1.73. The maximum Gasteiger partial charge on any atom is 0.292 e. The molecule has 0 aliphatic heterocycles. The highest BCUT2D eigenvalue weighted by molar-refractivity contribution is 6.15. The second kappa shape index (κ2) is 9.79. The first-order chi connectivity index (χ1) is 19.2. The molecule has 39 heavy (non-hydrogen) atoms. The van der Waals surface area contributed by atoms with Crippen LogP contribution in [0, 0.1) is 34.6 Å². The number of hydrogen-bond donors (Lipinski definition) is 0. The second-order valence-electron chi connectivity index (χ2n) is 8.74. The van der Waals surface area contributed by atoms with Crippen molar-refractivity contribution >= 4 is 32.3 Å². The molecule has 0 amide bonds. The van der Waals surface area contributed by atoms with E-state index in [-0.39, 0.29) is 0 Å². The summed E-state index contributed by atoms with van der Waals surface area (Å²) < 4.78 is 16.1. The van der Waals surface area contributed by atoms with E-state index < -0.39 is 0 Å². The van der Waals surface area contributed by atoms with Crippen LogP contribution in [-0.2, 0) is 0 Å². The number of nitrogens with zero attached hydrogens (tertiary/aromatic N) is 3. The molecular formula is C33H17N3O3. The Morgan fingerprint density at radius 2 is 0.974 bits per heavy atom. The van der Waals surface area contributed by atoms with E-state index in [1.54, 1.807) is 30.7 Å². The van der Waals surface area contributed by atoms with E-state index in [1.165, 1.54) is 0 Å². The average molecular weight is 504 g/mol. The molecule has 0 bridgehead atoms. The van der Waals surface area contributed by atoms with Gasteiger partial charge in [-0.05, 0) is 62.5 Å². The van der Waals surface area contributed by atoms with Gasteiger partial charge in [0, 0.05) is 16.3 Å². The van der Waals surface area contributed by atoms with Crippen LogP contribution in [0.1, 0.15) is 0 Å². The van der Waals surface area contributed by atoms with Gasteiger partial charge in [-0.25, -0.2) is 0 Å². The predicted molar refractivity (Wildman–Crippen MR) is 149 cm³/mol. The molecule has 0 aliphatic rings. The highest BCUT2D eigenvalue weighted by Crippen LogP contribution is 2.47. The number of ether oxygens (including phenoxy) is 3. The Morgan fingerprint density at radius 3 is 1.77 bits per heavy atom. The van der Waals surface area contributed by atoms with Crippen LogP contribution in [0.25, 0.3) is 54.6 Å². The van der Waals surface area contributed by atoms with Gasteiger partial charge in [-0.1, -0.05) is 78.9 Å². The van der Waals surface area contributed by atoms with Gasteiger partial charge in [0.25, 0.3) is 18.8 Å². The molecule has 0 aliphatic carbocycles.